The van der Waals surface area contributed by atoms with Gasteiger partial charge in [-0.2, -0.15) is 5.26 Å². The standard InChI is InChI=1S/C15H13N3O/c1-11-10-17-7-6-14(11)18-15(19)8-12-2-4-13(9-16)5-3-12/h2-7,10H,8H2,1H3,(H,17,18,19). The van der Waals surface area contributed by atoms with E-state index in [0.29, 0.717) is 5.56 Å². The SMILES string of the molecule is Cc1cnccc1NC(=O)Cc1ccc(C#N)cc1. The van der Waals surface area contributed by atoms with Gasteiger partial charge in [-0.3, -0.25) is 9.78 Å². The van der Waals surface area contributed by atoms with Gasteiger partial charge >= 0.3 is 0 Å². The van der Waals surface area contributed by atoms with Crippen LogP contribution >= 0.6 is 0 Å². The molecule has 0 aliphatic heterocycles. The van der Waals surface area contributed by atoms with E-state index in [1.165, 1.54) is 0 Å². The summed E-state index contributed by atoms with van der Waals surface area (Å²) >= 11 is 0. The van der Waals surface area contributed by atoms with E-state index in [0.717, 1.165) is 16.8 Å². The Morgan fingerprint density at radius 2 is 2.05 bits per heavy atom. The van der Waals surface area contributed by atoms with Crippen molar-refractivity contribution in [3.05, 3.63) is 59.4 Å². The minimum Gasteiger partial charge on any atom is -0.325 e. The Morgan fingerprint density at radius 3 is 2.68 bits per heavy atom. The summed E-state index contributed by atoms with van der Waals surface area (Å²) < 4.78 is 0. The topological polar surface area (TPSA) is 65.8 Å². The summed E-state index contributed by atoms with van der Waals surface area (Å²) in [5.74, 6) is -0.0843. The quantitative estimate of drug-likeness (QED) is 0.911. The predicted molar refractivity (Wildman–Crippen MR) is 72.5 cm³/mol. The Morgan fingerprint density at radius 1 is 1.32 bits per heavy atom. The molecule has 0 aliphatic carbocycles. The zero-order chi connectivity index (χ0) is 13.7. The van der Waals surface area contributed by atoms with E-state index in [1.54, 1.807) is 42.7 Å². The molecule has 0 spiro atoms. The normalized spacial score (nSPS) is 9.68. The fourth-order valence-corrected chi connectivity index (χ4v) is 1.69. The average molecular weight is 251 g/mol. The number of nitrogens with zero attached hydrogens (tertiary/aromatic N) is 2. The number of amides is 1. The van der Waals surface area contributed by atoms with Crippen LogP contribution in [0.3, 0.4) is 0 Å². The number of rotatable bonds is 3. The second-order valence-electron chi connectivity index (χ2n) is 4.22. The molecule has 0 saturated carbocycles. The molecule has 4 nitrogen and oxygen atoms in total. The molecule has 1 N–H and O–H groups in total. The van der Waals surface area contributed by atoms with Crippen LogP contribution in [0.5, 0.6) is 0 Å². The van der Waals surface area contributed by atoms with Crippen molar-refractivity contribution < 1.29 is 4.79 Å². The molecule has 2 rings (SSSR count). The maximum absolute atomic E-state index is 11.9. The van der Waals surface area contributed by atoms with Gasteiger partial charge in [0.25, 0.3) is 0 Å². The highest BCUT2D eigenvalue weighted by Crippen LogP contribution is 2.12. The van der Waals surface area contributed by atoms with Crippen molar-refractivity contribution in [1.29, 1.82) is 5.26 Å². The van der Waals surface area contributed by atoms with Gasteiger partial charge in [-0.15, -0.1) is 0 Å². The zero-order valence-corrected chi connectivity index (χ0v) is 10.6. The number of aromatic nitrogens is 1. The fraction of sp³-hybridized carbons (Fsp3) is 0.133. The van der Waals surface area contributed by atoms with Crippen LogP contribution in [0, 0.1) is 18.3 Å². The molecule has 0 atom stereocenters. The van der Waals surface area contributed by atoms with Crippen molar-refractivity contribution in [2.24, 2.45) is 0 Å². The lowest BCUT2D eigenvalue weighted by atomic mass is 10.1. The summed E-state index contributed by atoms with van der Waals surface area (Å²) in [6.45, 7) is 1.89. The molecule has 0 fully saturated rings. The molecule has 2 aromatic rings. The van der Waals surface area contributed by atoms with E-state index in [2.05, 4.69) is 10.3 Å². The number of anilines is 1. The molecule has 0 bridgehead atoms. The molecule has 0 saturated heterocycles. The zero-order valence-electron chi connectivity index (χ0n) is 10.6. The number of carbonyl (C=O) groups is 1. The molecule has 1 aromatic heterocycles. The second kappa shape index (κ2) is 5.78. The molecule has 4 heteroatoms. The Bertz CT molecular complexity index is 627. The van der Waals surface area contributed by atoms with Crippen LogP contribution in [-0.4, -0.2) is 10.9 Å². The number of nitrogens with one attached hydrogen (secondary N) is 1. The first-order chi connectivity index (χ1) is 9.19. The maximum Gasteiger partial charge on any atom is 0.228 e. The summed E-state index contributed by atoms with van der Waals surface area (Å²) in [7, 11) is 0. The molecule has 0 aliphatic rings. The fourth-order valence-electron chi connectivity index (χ4n) is 1.69. The third-order valence-corrected chi connectivity index (χ3v) is 2.74. The number of hydrogen-bond donors (Lipinski definition) is 1. The van der Waals surface area contributed by atoms with Crippen LogP contribution in [0.25, 0.3) is 0 Å². The van der Waals surface area contributed by atoms with Crippen molar-refractivity contribution >= 4 is 11.6 Å². The minimum atomic E-state index is -0.0843. The Balaban J connectivity index is 2.01. The van der Waals surface area contributed by atoms with Gasteiger partial charge < -0.3 is 5.32 Å². The molecule has 1 amide bonds. The van der Waals surface area contributed by atoms with E-state index < -0.39 is 0 Å². The molecule has 0 radical (unpaired) electrons. The van der Waals surface area contributed by atoms with Gasteiger partial charge in [0.1, 0.15) is 0 Å². The van der Waals surface area contributed by atoms with Gasteiger partial charge in [-0.1, -0.05) is 12.1 Å². The highest BCUT2D eigenvalue weighted by molar-refractivity contribution is 5.92. The first-order valence-corrected chi connectivity index (χ1v) is 5.88. The van der Waals surface area contributed by atoms with Gasteiger partial charge in [-0.25, -0.2) is 0 Å². The molecule has 1 heterocycles. The van der Waals surface area contributed by atoms with Crippen molar-refractivity contribution in [2.75, 3.05) is 5.32 Å². The van der Waals surface area contributed by atoms with Gasteiger partial charge in [0.2, 0.25) is 5.91 Å². The van der Waals surface area contributed by atoms with Gasteiger partial charge in [0, 0.05) is 18.1 Å². The summed E-state index contributed by atoms with van der Waals surface area (Å²) in [5, 5.41) is 11.5. The van der Waals surface area contributed by atoms with E-state index in [9.17, 15) is 4.79 Å². The predicted octanol–water partition coefficient (Wildman–Crippen LogP) is 2.44. The highest BCUT2D eigenvalue weighted by atomic mass is 16.1. The van der Waals surface area contributed by atoms with E-state index in [1.807, 2.05) is 13.0 Å². The largest absolute Gasteiger partial charge is 0.325 e. The van der Waals surface area contributed by atoms with Crippen LogP contribution in [0.2, 0.25) is 0 Å². The number of carbonyl (C=O) groups excluding carboxylic acids is 1. The van der Waals surface area contributed by atoms with Crippen LogP contribution in [0.4, 0.5) is 5.69 Å². The first kappa shape index (κ1) is 12.8. The Labute approximate surface area is 111 Å². The number of nitriles is 1. The van der Waals surface area contributed by atoms with Crippen LogP contribution in [0.1, 0.15) is 16.7 Å². The number of benzene rings is 1. The van der Waals surface area contributed by atoms with Crippen molar-refractivity contribution in [2.45, 2.75) is 13.3 Å². The lowest BCUT2D eigenvalue weighted by molar-refractivity contribution is -0.115. The second-order valence-corrected chi connectivity index (χ2v) is 4.22. The lowest BCUT2D eigenvalue weighted by Crippen LogP contribution is -2.15. The molecule has 0 unspecified atom stereocenters. The molecular formula is C15H13N3O. The van der Waals surface area contributed by atoms with Gasteiger partial charge in [-0.05, 0) is 36.2 Å². The lowest BCUT2D eigenvalue weighted by Gasteiger charge is -2.07. The third kappa shape index (κ3) is 3.39. The van der Waals surface area contributed by atoms with Crippen molar-refractivity contribution in [3.63, 3.8) is 0 Å². The van der Waals surface area contributed by atoms with Crippen molar-refractivity contribution in [3.8, 4) is 6.07 Å². The molecule has 1 aromatic carbocycles. The number of hydrogen-bond acceptors (Lipinski definition) is 3. The molecular weight excluding hydrogens is 238 g/mol. The minimum absolute atomic E-state index is 0.0843. The Hall–Kier alpha value is -2.67. The number of aryl methyl sites for hydroxylation is 1. The molecule has 94 valence electrons. The Kier molecular flexibility index (Phi) is 3.89. The smallest absolute Gasteiger partial charge is 0.228 e. The molecule has 19 heavy (non-hydrogen) atoms. The van der Waals surface area contributed by atoms with E-state index in [4.69, 9.17) is 5.26 Å². The van der Waals surface area contributed by atoms with Gasteiger partial charge in [0.05, 0.1) is 18.1 Å². The van der Waals surface area contributed by atoms with E-state index in [-0.39, 0.29) is 12.3 Å². The highest BCUT2D eigenvalue weighted by Gasteiger charge is 2.05. The van der Waals surface area contributed by atoms with Gasteiger partial charge in [0.15, 0.2) is 0 Å². The summed E-state index contributed by atoms with van der Waals surface area (Å²) in [6.07, 6.45) is 3.63. The average Bonchev–Trinajstić information content (AvgIpc) is 2.42. The summed E-state index contributed by atoms with van der Waals surface area (Å²) in [6, 6.07) is 10.8. The van der Waals surface area contributed by atoms with Crippen LogP contribution < -0.4 is 5.32 Å². The van der Waals surface area contributed by atoms with Crippen LogP contribution in [0.15, 0.2) is 42.7 Å². The van der Waals surface area contributed by atoms with E-state index >= 15 is 0 Å². The third-order valence-electron chi connectivity index (χ3n) is 2.74. The first-order valence-electron chi connectivity index (χ1n) is 5.88. The monoisotopic (exact) mass is 251 g/mol. The van der Waals surface area contributed by atoms with Crippen LogP contribution in [-0.2, 0) is 11.2 Å². The summed E-state index contributed by atoms with van der Waals surface area (Å²) in [4.78, 5) is 15.9. The summed E-state index contributed by atoms with van der Waals surface area (Å²) in [5.41, 5.74) is 3.17. The maximum atomic E-state index is 11.9. The number of pyridine rings is 1. The van der Waals surface area contributed by atoms with Crippen molar-refractivity contribution in [1.82, 2.24) is 4.98 Å².